The van der Waals surface area contributed by atoms with E-state index in [1.54, 1.807) is 51.1 Å². The van der Waals surface area contributed by atoms with Crippen LogP contribution < -0.4 is 9.47 Å². The largest absolute Gasteiger partial charge is 0.493 e. The molecule has 5 rings (SSSR count). The fourth-order valence-corrected chi connectivity index (χ4v) is 6.36. The van der Waals surface area contributed by atoms with Gasteiger partial charge in [0.1, 0.15) is 11.3 Å². The van der Waals surface area contributed by atoms with Crippen molar-refractivity contribution in [1.29, 1.82) is 0 Å². The van der Waals surface area contributed by atoms with Gasteiger partial charge in [0, 0.05) is 41.3 Å². The van der Waals surface area contributed by atoms with Crippen LogP contribution in [0.1, 0.15) is 47.3 Å². The molecule has 3 amide bonds. The number of carbonyl (C=O) groups excluding carboxylic acids is 2. The summed E-state index contributed by atoms with van der Waals surface area (Å²) in [4.78, 5) is 61.1. The molecule has 2 N–H and O–H groups in total. The van der Waals surface area contributed by atoms with Crippen molar-refractivity contribution < 1.29 is 33.9 Å². The first-order chi connectivity index (χ1) is 22.3. The predicted molar refractivity (Wildman–Crippen MR) is 177 cm³/mol. The number of methoxy groups -OCH3 is 2. The van der Waals surface area contributed by atoms with Crippen LogP contribution in [0.4, 0.5) is 10.5 Å². The first-order valence-electron chi connectivity index (χ1n) is 14.8. The number of ether oxygens (including phenoxy) is 2. The highest BCUT2D eigenvalue weighted by atomic mass is 79.9. The molecule has 1 aliphatic heterocycles. The Bertz CT molecular complexity index is 1920. The van der Waals surface area contributed by atoms with E-state index in [1.807, 2.05) is 6.07 Å². The lowest BCUT2D eigenvalue weighted by atomic mass is 9.76. The Labute approximate surface area is 278 Å². The molecule has 47 heavy (non-hydrogen) atoms. The van der Waals surface area contributed by atoms with Crippen LogP contribution in [0.5, 0.6) is 11.5 Å². The lowest BCUT2D eigenvalue weighted by molar-refractivity contribution is -0.385. The molecule has 3 aromatic carbocycles. The third kappa shape index (κ3) is 6.24. The Morgan fingerprint density at radius 3 is 2.49 bits per heavy atom. The van der Waals surface area contributed by atoms with Crippen LogP contribution in [0.2, 0.25) is 0 Å². The van der Waals surface area contributed by atoms with Crippen LogP contribution in [0, 0.1) is 17.0 Å². The average molecular weight is 709 g/mol. The van der Waals surface area contributed by atoms with Crippen molar-refractivity contribution >= 4 is 50.6 Å². The van der Waals surface area contributed by atoms with Crippen LogP contribution in [0.3, 0.4) is 0 Å². The van der Waals surface area contributed by atoms with Gasteiger partial charge in [-0.3, -0.25) is 24.6 Å². The molecule has 4 aromatic rings. The molecule has 0 radical (unpaired) electrons. The zero-order chi connectivity index (χ0) is 34.2. The van der Waals surface area contributed by atoms with Crippen molar-refractivity contribution in [2.75, 3.05) is 33.9 Å². The van der Waals surface area contributed by atoms with Gasteiger partial charge in [0.15, 0.2) is 11.5 Å². The summed E-state index contributed by atoms with van der Waals surface area (Å²) >= 11 is 3.53. The molecule has 0 fully saturated rings. The molecular weight excluding hydrogens is 674 g/mol. The summed E-state index contributed by atoms with van der Waals surface area (Å²) in [6.07, 6.45) is -0.462. The Morgan fingerprint density at radius 2 is 1.83 bits per heavy atom. The number of imide groups is 1. The molecule has 0 aliphatic carbocycles. The van der Waals surface area contributed by atoms with E-state index in [0.717, 1.165) is 5.56 Å². The van der Waals surface area contributed by atoms with Crippen molar-refractivity contribution in [3.8, 4) is 22.9 Å². The number of nitro benzene ring substituents is 1. The van der Waals surface area contributed by atoms with Crippen molar-refractivity contribution in [1.82, 2.24) is 19.8 Å². The van der Waals surface area contributed by atoms with Gasteiger partial charge in [0.25, 0.3) is 11.6 Å². The van der Waals surface area contributed by atoms with E-state index < -0.39 is 28.2 Å². The van der Waals surface area contributed by atoms with Gasteiger partial charge in [-0.15, -0.1) is 0 Å². The molecule has 0 saturated heterocycles. The summed E-state index contributed by atoms with van der Waals surface area (Å²) in [6, 6.07) is 11.9. The molecule has 2 heterocycles. The topological polar surface area (TPSA) is 168 Å². The van der Waals surface area contributed by atoms with Crippen molar-refractivity contribution in [2.45, 2.75) is 39.0 Å². The predicted octanol–water partition coefficient (Wildman–Crippen LogP) is 6.10. The lowest BCUT2D eigenvalue weighted by Crippen LogP contribution is -2.52. The number of fused-ring (bicyclic) bond motifs is 3. The number of rotatable bonds is 11. The maximum Gasteiger partial charge on any atom is 0.407 e. The van der Waals surface area contributed by atoms with Crippen LogP contribution >= 0.6 is 15.9 Å². The molecule has 0 saturated carbocycles. The minimum atomic E-state index is -1.11. The highest BCUT2D eigenvalue weighted by molar-refractivity contribution is 9.10. The van der Waals surface area contributed by atoms with E-state index in [4.69, 9.17) is 9.47 Å². The second-order valence-electron chi connectivity index (χ2n) is 11.8. The molecule has 1 aliphatic rings. The highest BCUT2D eigenvalue weighted by Crippen LogP contribution is 2.41. The minimum Gasteiger partial charge on any atom is -0.493 e. The zero-order valence-electron chi connectivity index (χ0n) is 26.5. The van der Waals surface area contributed by atoms with Gasteiger partial charge in [0.05, 0.1) is 35.6 Å². The van der Waals surface area contributed by atoms with E-state index in [-0.39, 0.29) is 37.3 Å². The number of aromatic nitrogens is 2. The summed E-state index contributed by atoms with van der Waals surface area (Å²) in [7, 11) is 3.07. The first kappa shape index (κ1) is 33.4. The molecule has 13 nitrogen and oxygen atoms in total. The molecule has 0 unspecified atom stereocenters. The number of imidazole rings is 1. The number of aromatic amines is 1. The van der Waals surface area contributed by atoms with Crippen LogP contribution in [-0.2, 0) is 16.6 Å². The van der Waals surface area contributed by atoms with E-state index in [1.165, 1.54) is 30.1 Å². The number of nitro groups is 1. The Hall–Kier alpha value is -4.98. The second-order valence-corrected chi connectivity index (χ2v) is 12.7. The number of hydrogen-bond donors (Lipinski definition) is 2. The van der Waals surface area contributed by atoms with Gasteiger partial charge in [-0.2, -0.15) is 0 Å². The summed E-state index contributed by atoms with van der Waals surface area (Å²) in [5.74, 6) is 0.517. The molecule has 0 atom stereocenters. The van der Waals surface area contributed by atoms with E-state index >= 15 is 0 Å². The molecule has 1 aromatic heterocycles. The van der Waals surface area contributed by atoms with Gasteiger partial charge in [-0.05, 0) is 78.9 Å². The lowest BCUT2D eigenvalue weighted by Gasteiger charge is -2.38. The van der Waals surface area contributed by atoms with Gasteiger partial charge in [0.2, 0.25) is 5.91 Å². The summed E-state index contributed by atoms with van der Waals surface area (Å²) in [5.41, 5.74) is 2.30. The van der Waals surface area contributed by atoms with Crippen LogP contribution in [-0.4, -0.2) is 81.6 Å². The van der Waals surface area contributed by atoms with Crippen molar-refractivity contribution in [3.05, 3.63) is 79.3 Å². The number of hydrogen-bond acceptors (Lipinski definition) is 8. The molecule has 0 bridgehead atoms. The maximum atomic E-state index is 14.0. The number of amides is 3. The van der Waals surface area contributed by atoms with Gasteiger partial charge < -0.3 is 24.5 Å². The number of aryl methyl sites for hydroxylation is 1. The first-order valence-corrected chi connectivity index (χ1v) is 15.6. The smallest absolute Gasteiger partial charge is 0.407 e. The molecule has 14 heteroatoms. The second kappa shape index (κ2) is 13.0. The van der Waals surface area contributed by atoms with Gasteiger partial charge >= 0.3 is 6.09 Å². The standard InChI is InChI=1S/C33H34BrN5O8/c1-18-7-9-20(16-23(18)39(44)45)29-35-27-22(34)17-21-26(28(27)36-29)30(40)38(31(41)33(21,2)3)13-6-12-37(32(42)43)14-11-19-8-10-24(46-4)25(15-19)47-5/h7-10,15-17H,6,11-14H2,1-5H3,(H,35,36)(H,42,43). The Morgan fingerprint density at radius 1 is 1.11 bits per heavy atom. The Balaban J connectivity index is 1.39. The summed E-state index contributed by atoms with van der Waals surface area (Å²) < 4.78 is 11.2. The van der Waals surface area contributed by atoms with Gasteiger partial charge in [-0.25, -0.2) is 9.78 Å². The normalized spacial score (nSPS) is 13.9. The van der Waals surface area contributed by atoms with Crippen molar-refractivity contribution in [3.63, 3.8) is 0 Å². The zero-order valence-corrected chi connectivity index (χ0v) is 28.1. The number of nitrogens with zero attached hydrogens (tertiary/aromatic N) is 4. The Kier molecular flexibility index (Phi) is 9.25. The fourth-order valence-electron chi connectivity index (χ4n) is 5.84. The van der Waals surface area contributed by atoms with Gasteiger partial charge in [-0.1, -0.05) is 18.2 Å². The average Bonchev–Trinajstić information content (AvgIpc) is 3.49. The third-order valence-electron chi connectivity index (χ3n) is 8.51. The summed E-state index contributed by atoms with van der Waals surface area (Å²) in [6.45, 7) is 5.42. The number of nitrogens with one attached hydrogen (secondary N) is 1. The van der Waals surface area contributed by atoms with Crippen LogP contribution in [0.25, 0.3) is 22.4 Å². The number of carbonyl (C=O) groups is 3. The van der Waals surface area contributed by atoms with E-state index in [0.29, 0.717) is 55.9 Å². The molecular formula is C33H34BrN5O8. The SMILES string of the molecule is COc1ccc(CCN(CCCN2C(=O)c3c(cc(Br)c4nc(-c5ccc(C)c([N+](=O)[O-])c5)[nH]c34)C(C)(C)C2=O)C(=O)O)cc1OC. The quantitative estimate of drug-likeness (QED) is 0.106. The molecule has 0 spiro atoms. The number of benzene rings is 3. The minimum absolute atomic E-state index is 0.00336. The maximum absolute atomic E-state index is 14.0. The van der Waals surface area contributed by atoms with E-state index in [2.05, 4.69) is 25.9 Å². The fraction of sp³-hybridized carbons (Fsp3) is 0.333. The van der Waals surface area contributed by atoms with Crippen molar-refractivity contribution in [2.24, 2.45) is 0 Å². The van der Waals surface area contributed by atoms with E-state index in [9.17, 15) is 29.6 Å². The summed E-state index contributed by atoms with van der Waals surface area (Å²) in [5, 5.41) is 21.4. The van der Waals surface area contributed by atoms with Crippen LogP contribution in [0.15, 0.2) is 46.9 Å². The number of halogens is 1. The number of carboxylic acid groups (broad SMARTS) is 1. The monoisotopic (exact) mass is 707 g/mol. The number of H-pyrrole nitrogens is 1. The third-order valence-corrected chi connectivity index (χ3v) is 9.11. The molecule has 246 valence electrons. The highest BCUT2D eigenvalue weighted by Gasteiger charge is 2.46.